The first kappa shape index (κ1) is 23.3. The Morgan fingerprint density at radius 3 is 2.52 bits per heavy atom. The van der Waals surface area contributed by atoms with Crippen LogP contribution in [0.3, 0.4) is 0 Å². The largest absolute Gasteiger partial charge is 0.393 e. The highest BCUT2D eigenvalue weighted by Gasteiger charge is 2.55. The summed E-state index contributed by atoms with van der Waals surface area (Å²) in [6.45, 7) is 11.1. The average Bonchev–Trinajstić information content (AvgIpc) is 3.04. The molecule has 2 N–H and O–H groups in total. The molecule has 3 fully saturated rings. The third kappa shape index (κ3) is 4.79. The molecule has 2 heteroatoms. The predicted molar refractivity (Wildman–Crippen MR) is 123 cm³/mol. The summed E-state index contributed by atoms with van der Waals surface area (Å²) in [6.07, 6.45) is 15.4. The number of aliphatic hydroxyl groups is 2. The molecule has 7 unspecified atom stereocenters. The first-order valence-corrected chi connectivity index (χ1v) is 12.9. The third-order valence-electron chi connectivity index (χ3n) is 9.25. The first-order chi connectivity index (χ1) is 13.9. The maximum atomic E-state index is 10.6. The molecule has 0 amide bonds. The molecule has 4 rings (SSSR count). The van der Waals surface area contributed by atoms with E-state index < -0.39 is 0 Å². The van der Waals surface area contributed by atoms with Gasteiger partial charge >= 0.3 is 0 Å². The smallest absolute Gasteiger partial charge is 0.0577 e. The van der Waals surface area contributed by atoms with Gasteiger partial charge in [0.2, 0.25) is 0 Å². The van der Waals surface area contributed by atoms with Crippen LogP contribution in [0.4, 0.5) is 0 Å². The van der Waals surface area contributed by atoms with Gasteiger partial charge in [-0.25, -0.2) is 0 Å². The van der Waals surface area contributed by atoms with Gasteiger partial charge in [0, 0.05) is 0 Å². The molecular weight excluding hydrogens is 356 g/mol. The van der Waals surface area contributed by atoms with E-state index in [9.17, 15) is 10.2 Å². The van der Waals surface area contributed by atoms with E-state index in [0.717, 1.165) is 61.7 Å². The molecule has 0 bridgehead atoms. The van der Waals surface area contributed by atoms with Crippen LogP contribution in [0.1, 0.15) is 105 Å². The molecule has 4 aliphatic rings. The second kappa shape index (κ2) is 9.86. The molecule has 8 atom stereocenters. The maximum Gasteiger partial charge on any atom is 0.0577 e. The Morgan fingerprint density at radius 1 is 1.03 bits per heavy atom. The van der Waals surface area contributed by atoms with Crippen molar-refractivity contribution in [3.8, 4) is 0 Å². The molecular formula is C27H48O2. The van der Waals surface area contributed by atoms with Crippen LogP contribution in [0.2, 0.25) is 0 Å². The van der Waals surface area contributed by atoms with Crippen LogP contribution >= 0.6 is 0 Å². The first-order valence-electron chi connectivity index (χ1n) is 12.9. The molecule has 0 heterocycles. The molecule has 0 spiro atoms. The van der Waals surface area contributed by atoms with Gasteiger partial charge in [0.05, 0.1) is 12.2 Å². The molecule has 0 aromatic heterocycles. The van der Waals surface area contributed by atoms with Crippen molar-refractivity contribution in [1.82, 2.24) is 0 Å². The van der Waals surface area contributed by atoms with E-state index >= 15 is 0 Å². The Bertz CT molecular complexity index is 553. The summed E-state index contributed by atoms with van der Waals surface area (Å²) in [5, 5.41) is 20.7. The molecule has 2 nitrogen and oxygen atoms in total. The van der Waals surface area contributed by atoms with Crippen molar-refractivity contribution in [3.63, 3.8) is 0 Å². The maximum absolute atomic E-state index is 10.6. The SMILES string of the molecule is CC.CC(C)CCC(O)C[C@H]1CCC2C3CC=C4CC(O)CCC4C3CCC21C. The van der Waals surface area contributed by atoms with Gasteiger partial charge in [-0.15, -0.1) is 0 Å². The van der Waals surface area contributed by atoms with Crippen LogP contribution < -0.4 is 0 Å². The van der Waals surface area contributed by atoms with E-state index in [2.05, 4.69) is 26.8 Å². The van der Waals surface area contributed by atoms with Crippen LogP contribution in [-0.2, 0) is 0 Å². The Balaban J connectivity index is 0.00000117. The van der Waals surface area contributed by atoms with E-state index in [1.807, 2.05) is 13.8 Å². The van der Waals surface area contributed by atoms with Gasteiger partial charge in [-0.3, -0.25) is 0 Å². The summed E-state index contributed by atoms with van der Waals surface area (Å²) in [7, 11) is 0. The summed E-state index contributed by atoms with van der Waals surface area (Å²) >= 11 is 0. The molecule has 0 saturated heterocycles. The normalized spacial score (nSPS) is 42.1. The van der Waals surface area contributed by atoms with Crippen molar-refractivity contribution in [2.75, 3.05) is 0 Å². The van der Waals surface area contributed by atoms with E-state index in [1.165, 1.54) is 38.5 Å². The summed E-state index contributed by atoms with van der Waals surface area (Å²) in [5.41, 5.74) is 2.05. The lowest BCUT2D eigenvalue weighted by Crippen LogP contribution is -2.46. The highest BCUT2D eigenvalue weighted by Crippen LogP contribution is 2.64. The minimum Gasteiger partial charge on any atom is -0.393 e. The Kier molecular flexibility index (Phi) is 7.93. The number of hydrogen-bond donors (Lipinski definition) is 2. The van der Waals surface area contributed by atoms with Gasteiger partial charge in [0.15, 0.2) is 0 Å². The molecule has 4 aliphatic carbocycles. The lowest BCUT2D eigenvalue weighted by atomic mass is 9.51. The van der Waals surface area contributed by atoms with E-state index in [-0.39, 0.29) is 12.2 Å². The highest BCUT2D eigenvalue weighted by molar-refractivity contribution is 5.20. The van der Waals surface area contributed by atoms with Crippen LogP contribution in [-0.4, -0.2) is 22.4 Å². The average molecular weight is 405 g/mol. The molecule has 3 saturated carbocycles. The molecule has 0 aromatic carbocycles. The van der Waals surface area contributed by atoms with Crippen molar-refractivity contribution >= 4 is 0 Å². The van der Waals surface area contributed by atoms with E-state index in [4.69, 9.17) is 0 Å². The number of hydrogen-bond acceptors (Lipinski definition) is 2. The number of aliphatic hydroxyl groups excluding tert-OH is 2. The van der Waals surface area contributed by atoms with Crippen molar-refractivity contribution in [2.24, 2.45) is 40.9 Å². The fourth-order valence-corrected chi connectivity index (χ4v) is 7.72. The summed E-state index contributed by atoms with van der Waals surface area (Å²) in [5.74, 6) is 4.80. The minimum absolute atomic E-state index is 0.0823. The fourth-order valence-electron chi connectivity index (χ4n) is 7.72. The Labute approximate surface area is 180 Å². The number of allylic oxidation sites excluding steroid dienone is 1. The monoisotopic (exact) mass is 404 g/mol. The molecule has 29 heavy (non-hydrogen) atoms. The van der Waals surface area contributed by atoms with Gasteiger partial charge < -0.3 is 10.2 Å². The lowest BCUT2D eigenvalue weighted by molar-refractivity contribution is -0.0283. The van der Waals surface area contributed by atoms with Gasteiger partial charge in [-0.2, -0.15) is 0 Å². The third-order valence-corrected chi connectivity index (χ3v) is 9.25. The van der Waals surface area contributed by atoms with E-state index in [1.54, 1.807) is 5.57 Å². The zero-order valence-corrected chi connectivity index (χ0v) is 19.9. The summed E-state index contributed by atoms with van der Waals surface area (Å²) in [6, 6.07) is 0. The molecule has 0 aromatic rings. The fraction of sp³-hybridized carbons (Fsp3) is 0.926. The van der Waals surface area contributed by atoms with Gasteiger partial charge in [0.1, 0.15) is 0 Å². The standard InChI is InChI=1S/C25H42O2.C2H6/c1-16(2)4-7-20(27)15-18-6-11-24-23-9-5-17-14-19(26)8-10-21(17)22(23)12-13-25(18,24)3;1-2/h5,16,18-24,26-27H,4,6-15H2,1-3H3;1-2H3/t18-,19?,20?,21?,22?,23?,24?,25?;/m1./s1. The van der Waals surface area contributed by atoms with Gasteiger partial charge in [0.25, 0.3) is 0 Å². The quantitative estimate of drug-likeness (QED) is 0.498. The van der Waals surface area contributed by atoms with Gasteiger partial charge in [-0.05, 0) is 112 Å². The molecule has 168 valence electrons. The van der Waals surface area contributed by atoms with Crippen molar-refractivity contribution < 1.29 is 10.2 Å². The number of fused-ring (bicyclic) bond motifs is 5. The molecule has 0 aliphatic heterocycles. The van der Waals surface area contributed by atoms with Crippen LogP contribution in [0.5, 0.6) is 0 Å². The minimum atomic E-state index is -0.0941. The topological polar surface area (TPSA) is 40.5 Å². The zero-order chi connectivity index (χ0) is 21.2. The van der Waals surface area contributed by atoms with Crippen molar-refractivity contribution in [1.29, 1.82) is 0 Å². The second-order valence-corrected chi connectivity index (χ2v) is 11.2. The van der Waals surface area contributed by atoms with E-state index in [0.29, 0.717) is 11.3 Å². The summed E-state index contributed by atoms with van der Waals surface area (Å²) < 4.78 is 0. The summed E-state index contributed by atoms with van der Waals surface area (Å²) in [4.78, 5) is 0. The van der Waals surface area contributed by atoms with Crippen LogP contribution in [0, 0.1) is 40.9 Å². The Hall–Kier alpha value is -0.340. The zero-order valence-electron chi connectivity index (χ0n) is 19.9. The van der Waals surface area contributed by atoms with Crippen LogP contribution in [0.15, 0.2) is 11.6 Å². The van der Waals surface area contributed by atoms with Crippen LogP contribution in [0.25, 0.3) is 0 Å². The van der Waals surface area contributed by atoms with Crippen molar-refractivity contribution in [2.45, 2.75) is 117 Å². The van der Waals surface area contributed by atoms with Gasteiger partial charge in [-0.1, -0.05) is 46.3 Å². The van der Waals surface area contributed by atoms with Crippen molar-refractivity contribution in [3.05, 3.63) is 11.6 Å². The number of rotatable bonds is 5. The Morgan fingerprint density at radius 2 is 1.79 bits per heavy atom. The lowest BCUT2D eigenvalue weighted by Gasteiger charge is -2.54. The second-order valence-electron chi connectivity index (χ2n) is 11.2. The predicted octanol–water partition coefficient (Wildman–Crippen LogP) is 6.75. The highest BCUT2D eigenvalue weighted by atomic mass is 16.3. The molecule has 0 radical (unpaired) electrons.